The van der Waals surface area contributed by atoms with E-state index in [-0.39, 0.29) is 11.8 Å². The molecule has 1 aliphatic rings. The van der Waals surface area contributed by atoms with E-state index in [1.165, 1.54) is 6.42 Å². The van der Waals surface area contributed by atoms with Gasteiger partial charge in [-0.1, -0.05) is 30.1 Å². The van der Waals surface area contributed by atoms with Gasteiger partial charge in [0.1, 0.15) is 5.75 Å². The second-order valence-electron chi connectivity index (χ2n) is 4.53. The van der Waals surface area contributed by atoms with Crippen molar-refractivity contribution in [1.82, 2.24) is 5.32 Å². The molecular weight excluding hydrogens is 245 g/mol. The first-order chi connectivity index (χ1) is 7.49. The van der Waals surface area contributed by atoms with Gasteiger partial charge < -0.3 is 10.4 Å². The molecule has 2 nitrogen and oxygen atoms in total. The van der Waals surface area contributed by atoms with Crippen LogP contribution in [0.3, 0.4) is 0 Å². The average molecular weight is 260 g/mol. The zero-order valence-corrected chi connectivity index (χ0v) is 10.8. The van der Waals surface area contributed by atoms with Gasteiger partial charge in [0, 0.05) is 22.7 Å². The number of aromatic hydroxyl groups is 1. The van der Waals surface area contributed by atoms with Crippen molar-refractivity contribution in [1.29, 1.82) is 0 Å². The minimum absolute atomic E-state index is 0.0612. The van der Waals surface area contributed by atoms with E-state index in [2.05, 4.69) is 12.2 Å². The van der Waals surface area contributed by atoms with Crippen LogP contribution >= 0.6 is 23.2 Å². The van der Waals surface area contributed by atoms with E-state index < -0.39 is 0 Å². The fourth-order valence-electron chi connectivity index (χ4n) is 1.88. The molecular formula is C12H15Cl2NO. The standard InChI is InChI=1S/C12H15Cl2NO/c1-6-3-11(6)15-7(2)9-4-8(13)5-10(14)12(9)16/h4-7,11,15-16H,3H2,1-2H3. The van der Waals surface area contributed by atoms with Gasteiger partial charge in [-0.25, -0.2) is 0 Å². The summed E-state index contributed by atoms with van der Waals surface area (Å²) in [6.07, 6.45) is 1.19. The minimum atomic E-state index is 0.0612. The number of rotatable bonds is 3. The SMILES string of the molecule is CC(NC1CC1C)c1cc(Cl)cc(Cl)c1O. The molecule has 0 aromatic heterocycles. The van der Waals surface area contributed by atoms with E-state index in [1.54, 1.807) is 12.1 Å². The summed E-state index contributed by atoms with van der Waals surface area (Å²) in [6.45, 7) is 4.21. The predicted molar refractivity (Wildman–Crippen MR) is 67.2 cm³/mol. The maximum absolute atomic E-state index is 9.86. The van der Waals surface area contributed by atoms with E-state index in [9.17, 15) is 5.11 Å². The fourth-order valence-corrected chi connectivity index (χ4v) is 2.39. The fraction of sp³-hybridized carbons (Fsp3) is 0.500. The lowest BCUT2D eigenvalue weighted by Gasteiger charge is -2.16. The molecule has 2 rings (SSSR count). The number of hydrogen-bond acceptors (Lipinski definition) is 2. The van der Waals surface area contributed by atoms with Crippen LogP contribution in [0.25, 0.3) is 0 Å². The minimum Gasteiger partial charge on any atom is -0.506 e. The molecule has 0 saturated heterocycles. The van der Waals surface area contributed by atoms with Gasteiger partial charge in [-0.2, -0.15) is 0 Å². The Hall–Kier alpha value is -0.440. The molecule has 1 saturated carbocycles. The first-order valence-corrected chi connectivity index (χ1v) is 6.18. The van der Waals surface area contributed by atoms with Gasteiger partial charge >= 0.3 is 0 Å². The van der Waals surface area contributed by atoms with E-state index >= 15 is 0 Å². The van der Waals surface area contributed by atoms with Crippen molar-refractivity contribution in [3.63, 3.8) is 0 Å². The van der Waals surface area contributed by atoms with Crippen LogP contribution in [0, 0.1) is 5.92 Å². The molecule has 0 spiro atoms. The molecule has 2 N–H and O–H groups in total. The summed E-state index contributed by atoms with van der Waals surface area (Å²) < 4.78 is 0. The Kier molecular flexibility index (Phi) is 3.34. The number of phenols is 1. The van der Waals surface area contributed by atoms with E-state index in [0.717, 1.165) is 11.5 Å². The third-order valence-electron chi connectivity index (χ3n) is 3.10. The molecule has 0 aliphatic heterocycles. The van der Waals surface area contributed by atoms with E-state index in [4.69, 9.17) is 23.2 Å². The predicted octanol–water partition coefficient (Wildman–Crippen LogP) is 3.76. The van der Waals surface area contributed by atoms with Crippen LogP contribution in [-0.2, 0) is 0 Å². The molecule has 1 aromatic carbocycles. The Balaban J connectivity index is 2.18. The number of nitrogens with one attached hydrogen (secondary N) is 1. The van der Waals surface area contributed by atoms with Crippen LogP contribution in [-0.4, -0.2) is 11.1 Å². The highest BCUT2D eigenvalue weighted by atomic mass is 35.5. The lowest BCUT2D eigenvalue weighted by molar-refractivity contribution is 0.450. The lowest BCUT2D eigenvalue weighted by atomic mass is 10.1. The highest BCUT2D eigenvalue weighted by Gasteiger charge is 2.33. The van der Waals surface area contributed by atoms with Gasteiger partial charge in [0.25, 0.3) is 0 Å². The molecule has 1 aliphatic carbocycles. The summed E-state index contributed by atoms with van der Waals surface area (Å²) in [6, 6.07) is 3.92. The summed E-state index contributed by atoms with van der Waals surface area (Å²) >= 11 is 11.8. The second kappa shape index (κ2) is 4.44. The summed E-state index contributed by atoms with van der Waals surface area (Å²) in [4.78, 5) is 0. The number of phenolic OH excluding ortho intramolecular Hbond substituents is 1. The largest absolute Gasteiger partial charge is 0.506 e. The number of halogens is 2. The summed E-state index contributed by atoms with van der Waals surface area (Å²) in [5, 5.41) is 14.2. The highest BCUT2D eigenvalue weighted by Crippen LogP contribution is 2.37. The molecule has 0 heterocycles. The Morgan fingerprint density at radius 3 is 2.62 bits per heavy atom. The van der Waals surface area contributed by atoms with Gasteiger partial charge in [0.2, 0.25) is 0 Å². The van der Waals surface area contributed by atoms with Crippen molar-refractivity contribution in [3.05, 3.63) is 27.7 Å². The third-order valence-corrected chi connectivity index (χ3v) is 3.60. The topological polar surface area (TPSA) is 32.3 Å². The Morgan fingerprint density at radius 2 is 2.06 bits per heavy atom. The van der Waals surface area contributed by atoms with Crippen molar-refractivity contribution >= 4 is 23.2 Å². The van der Waals surface area contributed by atoms with Gasteiger partial charge in [-0.05, 0) is 31.4 Å². The highest BCUT2D eigenvalue weighted by molar-refractivity contribution is 6.35. The molecule has 88 valence electrons. The first kappa shape index (κ1) is 12.0. The molecule has 3 atom stereocenters. The van der Waals surface area contributed by atoms with Crippen molar-refractivity contribution in [2.45, 2.75) is 32.4 Å². The number of hydrogen-bond donors (Lipinski definition) is 2. The summed E-state index contributed by atoms with van der Waals surface area (Å²) in [5.74, 6) is 0.846. The normalized spacial score (nSPS) is 25.5. The molecule has 1 aromatic rings. The monoisotopic (exact) mass is 259 g/mol. The van der Waals surface area contributed by atoms with Gasteiger partial charge in [-0.15, -0.1) is 0 Å². The number of benzene rings is 1. The second-order valence-corrected chi connectivity index (χ2v) is 5.38. The van der Waals surface area contributed by atoms with Gasteiger partial charge in [0.05, 0.1) is 5.02 Å². The van der Waals surface area contributed by atoms with E-state index in [1.807, 2.05) is 6.92 Å². The smallest absolute Gasteiger partial charge is 0.139 e. The Bertz CT molecular complexity index is 408. The van der Waals surface area contributed by atoms with Crippen molar-refractivity contribution in [2.24, 2.45) is 5.92 Å². The third kappa shape index (κ3) is 2.45. The molecule has 1 fully saturated rings. The van der Waals surface area contributed by atoms with Gasteiger partial charge in [0.15, 0.2) is 0 Å². The molecule has 0 amide bonds. The molecule has 0 radical (unpaired) electrons. The van der Waals surface area contributed by atoms with Crippen molar-refractivity contribution < 1.29 is 5.11 Å². The summed E-state index contributed by atoms with van der Waals surface area (Å²) in [7, 11) is 0. The van der Waals surface area contributed by atoms with E-state index in [0.29, 0.717) is 16.1 Å². The maximum atomic E-state index is 9.86. The van der Waals surface area contributed by atoms with Crippen molar-refractivity contribution in [2.75, 3.05) is 0 Å². The van der Waals surface area contributed by atoms with Crippen LogP contribution in [0.2, 0.25) is 10.0 Å². The van der Waals surface area contributed by atoms with Crippen LogP contribution in [0.1, 0.15) is 31.9 Å². The quantitative estimate of drug-likeness (QED) is 0.867. The molecule has 4 heteroatoms. The lowest BCUT2D eigenvalue weighted by Crippen LogP contribution is -2.22. The Labute approximate surface area is 106 Å². The van der Waals surface area contributed by atoms with Crippen molar-refractivity contribution in [3.8, 4) is 5.75 Å². The van der Waals surface area contributed by atoms with Crippen LogP contribution in [0.15, 0.2) is 12.1 Å². The van der Waals surface area contributed by atoms with Crippen LogP contribution in [0.5, 0.6) is 5.75 Å². The average Bonchev–Trinajstić information content (AvgIpc) is 2.87. The molecule has 16 heavy (non-hydrogen) atoms. The zero-order valence-electron chi connectivity index (χ0n) is 9.30. The molecule has 3 unspecified atom stereocenters. The Morgan fingerprint density at radius 1 is 1.44 bits per heavy atom. The zero-order chi connectivity index (χ0) is 11.9. The van der Waals surface area contributed by atoms with Crippen LogP contribution < -0.4 is 5.32 Å². The first-order valence-electron chi connectivity index (χ1n) is 5.43. The summed E-state index contributed by atoms with van der Waals surface area (Å²) in [5.41, 5.74) is 0.761. The van der Waals surface area contributed by atoms with Gasteiger partial charge in [-0.3, -0.25) is 0 Å². The molecule has 0 bridgehead atoms. The van der Waals surface area contributed by atoms with Crippen LogP contribution in [0.4, 0.5) is 0 Å². The maximum Gasteiger partial charge on any atom is 0.139 e.